The lowest BCUT2D eigenvalue weighted by Gasteiger charge is -2.04. The van der Waals surface area contributed by atoms with Gasteiger partial charge in [-0.15, -0.1) is 0 Å². The molecule has 18 heavy (non-hydrogen) atoms. The van der Waals surface area contributed by atoms with E-state index < -0.39 is 5.97 Å². The lowest BCUT2D eigenvalue weighted by atomic mass is 10.2. The van der Waals surface area contributed by atoms with E-state index in [9.17, 15) is 4.79 Å². The topological polar surface area (TPSA) is 90.4 Å². The van der Waals surface area contributed by atoms with Crippen LogP contribution in [0.25, 0.3) is 10.9 Å². The van der Waals surface area contributed by atoms with Crippen molar-refractivity contribution < 1.29 is 14.6 Å². The number of ether oxygens (including phenoxy) is 1. The summed E-state index contributed by atoms with van der Waals surface area (Å²) >= 11 is 0. The number of aromatic nitrogens is 2. The van der Waals surface area contributed by atoms with Crippen LogP contribution in [0.1, 0.15) is 16.9 Å². The van der Waals surface area contributed by atoms with Crippen LogP contribution in [0.4, 0.5) is 5.69 Å². The monoisotopic (exact) mass is 249 g/mol. The molecule has 96 valence electrons. The molecular formula is C12H15N3O3. The molecule has 0 atom stereocenters. The summed E-state index contributed by atoms with van der Waals surface area (Å²) in [5, 5.41) is 13.8. The second kappa shape index (κ2) is 5.05. The smallest absolute Gasteiger partial charge is 0.356 e. The van der Waals surface area contributed by atoms with Crippen molar-refractivity contribution in [2.75, 3.05) is 19.5 Å². The van der Waals surface area contributed by atoms with E-state index in [4.69, 9.17) is 15.6 Å². The number of anilines is 1. The molecule has 6 nitrogen and oxygen atoms in total. The van der Waals surface area contributed by atoms with E-state index in [2.05, 4.69) is 5.10 Å². The summed E-state index contributed by atoms with van der Waals surface area (Å²) in [5.74, 6) is -0.457. The van der Waals surface area contributed by atoms with Gasteiger partial charge < -0.3 is 15.6 Å². The third-order valence-electron chi connectivity index (χ3n) is 2.67. The number of rotatable bonds is 4. The summed E-state index contributed by atoms with van der Waals surface area (Å²) in [6.07, 6.45) is 0.521. The summed E-state index contributed by atoms with van der Waals surface area (Å²) in [7, 11) is 1.32. The Morgan fingerprint density at radius 2 is 2.33 bits per heavy atom. The number of aliphatic hydroxyl groups excluding tert-OH is 1. The number of fused-ring (bicyclic) bond motifs is 1. The zero-order chi connectivity index (χ0) is 13.1. The SMILES string of the molecule is COC(=O)c1c2cc(N)ccc2nn1CCCO. The average molecular weight is 249 g/mol. The van der Waals surface area contributed by atoms with E-state index in [1.165, 1.54) is 7.11 Å². The van der Waals surface area contributed by atoms with Crippen molar-refractivity contribution in [3.8, 4) is 0 Å². The van der Waals surface area contributed by atoms with Crippen molar-refractivity contribution in [3.63, 3.8) is 0 Å². The quantitative estimate of drug-likeness (QED) is 0.617. The predicted octanol–water partition coefficient (Wildman–Crippen LogP) is 0.788. The fourth-order valence-electron chi connectivity index (χ4n) is 1.84. The minimum atomic E-state index is -0.457. The van der Waals surface area contributed by atoms with Crippen molar-refractivity contribution >= 4 is 22.6 Å². The Balaban J connectivity index is 2.57. The van der Waals surface area contributed by atoms with Crippen LogP contribution >= 0.6 is 0 Å². The first-order valence-corrected chi connectivity index (χ1v) is 5.62. The predicted molar refractivity (Wildman–Crippen MR) is 67.2 cm³/mol. The fourth-order valence-corrected chi connectivity index (χ4v) is 1.84. The van der Waals surface area contributed by atoms with Crippen LogP contribution in [0.2, 0.25) is 0 Å². The molecule has 0 spiro atoms. The number of hydrogen-bond acceptors (Lipinski definition) is 5. The molecule has 1 heterocycles. The number of benzene rings is 1. The summed E-state index contributed by atoms with van der Waals surface area (Å²) < 4.78 is 6.31. The van der Waals surface area contributed by atoms with E-state index in [1.54, 1.807) is 22.9 Å². The Bertz CT molecular complexity index is 577. The van der Waals surface area contributed by atoms with Gasteiger partial charge in [-0.05, 0) is 24.6 Å². The zero-order valence-corrected chi connectivity index (χ0v) is 10.1. The molecule has 0 fully saturated rings. The van der Waals surface area contributed by atoms with Gasteiger partial charge >= 0.3 is 5.97 Å². The third-order valence-corrected chi connectivity index (χ3v) is 2.67. The molecule has 1 aromatic carbocycles. The maximum atomic E-state index is 11.8. The van der Waals surface area contributed by atoms with E-state index in [1.807, 2.05) is 0 Å². The van der Waals surface area contributed by atoms with E-state index in [-0.39, 0.29) is 6.61 Å². The second-order valence-corrected chi connectivity index (χ2v) is 3.92. The van der Waals surface area contributed by atoms with Crippen molar-refractivity contribution in [2.45, 2.75) is 13.0 Å². The molecule has 0 saturated heterocycles. The van der Waals surface area contributed by atoms with Gasteiger partial charge in [0.15, 0.2) is 5.69 Å². The van der Waals surface area contributed by atoms with Crippen LogP contribution in [0.15, 0.2) is 18.2 Å². The maximum Gasteiger partial charge on any atom is 0.356 e. The molecule has 0 amide bonds. The molecule has 3 N–H and O–H groups in total. The van der Waals surface area contributed by atoms with E-state index in [0.29, 0.717) is 35.2 Å². The molecule has 0 saturated carbocycles. The van der Waals surface area contributed by atoms with Gasteiger partial charge in [0.05, 0.1) is 12.6 Å². The Hall–Kier alpha value is -2.08. The van der Waals surface area contributed by atoms with E-state index in [0.717, 1.165) is 0 Å². The second-order valence-electron chi connectivity index (χ2n) is 3.92. The van der Waals surface area contributed by atoms with Gasteiger partial charge in [-0.1, -0.05) is 0 Å². The number of carbonyl (C=O) groups excluding carboxylic acids is 1. The average Bonchev–Trinajstić information content (AvgIpc) is 2.73. The molecule has 0 aliphatic carbocycles. The van der Waals surface area contributed by atoms with Gasteiger partial charge in [0.2, 0.25) is 0 Å². The summed E-state index contributed by atoms with van der Waals surface area (Å²) in [4.78, 5) is 11.8. The molecule has 2 rings (SSSR count). The van der Waals surface area contributed by atoms with Gasteiger partial charge in [0.1, 0.15) is 0 Å². The number of aryl methyl sites for hydroxylation is 1. The Labute approximate surface area is 104 Å². The number of methoxy groups -OCH3 is 1. The highest BCUT2D eigenvalue weighted by atomic mass is 16.5. The highest BCUT2D eigenvalue weighted by Gasteiger charge is 2.18. The molecule has 1 aromatic heterocycles. The van der Waals surface area contributed by atoms with Gasteiger partial charge in [0, 0.05) is 24.2 Å². The summed E-state index contributed by atoms with van der Waals surface area (Å²) in [6, 6.07) is 5.18. The lowest BCUT2D eigenvalue weighted by Crippen LogP contribution is -2.13. The zero-order valence-electron chi connectivity index (χ0n) is 10.1. The first kappa shape index (κ1) is 12.4. The number of carbonyl (C=O) groups is 1. The minimum absolute atomic E-state index is 0.0406. The number of aliphatic hydroxyl groups is 1. The van der Waals surface area contributed by atoms with Crippen LogP contribution in [0, 0.1) is 0 Å². The Morgan fingerprint density at radius 1 is 1.56 bits per heavy atom. The van der Waals surface area contributed by atoms with Gasteiger partial charge in [-0.25, -0.2) is 4.79 Å². The molecule has 6 heteroatoms. The van der Waals surface area contributed by atoms with Gasteiger partial charge in [0.25, 0.3) is 0 Å². The van der Waals surface area contributed by atoms with Crippen LogP contribution < -0.4 is 5.73 Å². The number of hydrogen-bond donors (Lipinski definition) is 2. The number of nitrogen functional groups attached to an aromatic ring is 1. The van der Waals surface area contributed by atoms with Crippen LogP contribution in [-0.2, 0) is 11.3 Å². The largest absolute Gasteiger partial charge is 0.464 e. The minimum Gasteiger partial charge on any atom is -0.464 e. The fraction of sp³-hybridized carbons (Fsp3) is 0.333. The van der Waals surface area contributed by atoms with Crippen molar-refractivity contribution in [1.29, 1.82) is 0 Å². The number of esters is 1. The highest BCUT2D eigenvalue weighted by molar-refractivity contribution is 6.03. The van der Waals surface area contributed by atoms with Gasteiger partial charge in [-0.2, -0.15) is 5.10 Å². The Morgan fingerprint density at radius 3 is 3.00 bits per heavy atom. The first-order valence-electron chi connectivity index (χ1n) is 5.62. The highest BCUT2D eigenvalue weighted by Crippen LogP contribution is 2.22. The van der Waals surface area contributed by atoms with Crippen LogP contribution in [0.5, 0.6) is 0 Å². The molecule has 0 unspecified atom stereocenters. The molecule has 2 aromatic rings. The standard InChI is InChI=1S/C12H15N3O3/c1-18-12(17)11-9-7-8(13)3-4-10(9)14-15(11)5-2-6-16/h3-4,7,16H,2,5-6,13H2,1H3. The third kappa shape index (κ3) is 2.14. The number of nitrogens with zero attached hydrogens (tertiary/aromatic N) is 2. The molecule has 0 bridgehead atoms. The Kier molecular flexibility index (Phi) is 3.47. The molecule has 0 aliphatic heterocycles. The lowest BCUT2D eigenvalue weighted by molar-refractivity contribution is 0.0588. The normalized spacial score (nSPS) is 10.8. The van der Waals surface area contributed by atoms with Crippen molar-refractivity contribution in [1.82, 2.24) is 9.78 Å². The molecule has 0 radical (unpaired) electrons. The van der Waals surface area contributed by atoms with E-state index >= 15 is 0 Å². The summed E-state index contributed by atoms with van der Waals surface area (Å²) in [5.41, 5.74) is 7.33. The van der Waals surface area contributed by atoms with Gasteiger partial charge in [-0.3, -0.25) is 4.68 Å². The first-order chi connectivity index (χ1) is 8.67. The van der Waals surface area contributed by atoms with Crippen LogP contribution in [-0.4, -0.2) is 34.6 Å². The van der Waals surface area contributed by atoms with Crippen molar-refractivity contribution in [2.24, 2.45) is 0 Å². The van der Waals surface area contributed by atoms with Crippen LogP contribution in [0.3, 0.4) is 0 Å². The molecular weight excluding hydrogens is 234 g/mol. The summed E-state index contributed by atoms with van der Waals surface area (Å²) in [6.45, 7) is 0.495. The van der Waals surface area contributed by atoms with Crippen molar-refractivity contribution in [3.05, 3.63) is 23.9 Å². The maximum absolute atomic E-state index is 11.8. The molecule has 0 aliphatic rings. The number of nitrogens with two attached hydrogens (primary N) is 1.